The van der Waals surface area contributed by atoms with E-state index in [4.69, 9.17) is 0 Å². The summed E-state index contributed by atoms with van der Waals surface area (Å²) in [6.45, 7) is 1.82. The highest BCUT2D eigenvalue weighted by Gasteiger charge is 2.08. The molecule has 2 heterocycles. The molecule has 0 bridgehead atoms. The van der Waals surface area contributed by atoms with E-state index in [-0.39, 0.29) is 11.3 Å². The fraction of sp³-hybridized carbons (Fsp3) is 0.0909. The molecule has 0 aliphatic carbocycles. The monoisotopic (exact) mass is 230 g/mol. The minimum absolute atomic E-state index is 0.0528. The lowest BCUT2D eigenvalue weighted by atomic mass is 10.3. The largest absolute Gasteiger partial charge is 0.313 e. The van der Waals surface area contributed by atoms with Crippen molar-refractivity contribution in [3.63, 3.8) is 0 Å². The predicted molar refractivity (Wildman–Crippen MR) is 61.8 cm³/mol. The molecule has 17 heavy (non-hydrogen) atoms. The van der Waals surface area contributed by atoms with Gasteiger partial charge >= 0.3 is 0 Å². The number of carbonyl (C=O) groups excluding carboxylic acids is 1. The van der Waals surface area contributed by atoms with E-state index in [2.05, 4.69) is 20.3 Å². The lowest BCUT2D eigenvalue weighted by molar-refractivity contribution is 0.102. The Hall–Kier alpha value is -2.50. The lowest BCUT2D eigenvalue weighted by Gasteiger charge is -2.03. The standard InChI is InChI=1S/C11H10N4O2/c1-7-3-2-4-9(14-7)15-11(17)8-5-10(16)13-6-12-8/h2-6H,1H3,(H,12,13,16)(H,14,15,17). The number of pyridine rings is 1. The molecule has 0 radical (unpaired) electrons. The van der Waals surface area contributed by atoms with E-state index in [1.165, 1.54) is 6.33 Å². The van der Waals surface area contributed by atoms with Crippen molar-refractivity contribution in [1.29, 1.82) is 0 Å². The van der Waals surface area contributed by atoms with E-state index < -0.39 is 5.91 Å². The maximum absolute atomic E-state index is 11.7. The summed E-state index contributed by atoms with van der Waals surface area (Å²) >= 11 is 0. The van der Waals surface area contributed by atoms with E-state index in [9.17, 15) is 9.59 Å². The van der Waals surface area contributed by atoms with Crippen molar-refractivity contribution in [3.05, 3.63) is 52.3 Å². The van der Waals surface area contributed by atoms with Gasteiger partial charge in [0.2, 0.25) is 0 Å². The third kappa shape index (κ3) is 2.75. The molecule has 2 rings (SSSR count). The van der Waals surface area contributed by atoms with E-state index in [0.29, 0.717) is 5.82 Å². The van der Waals surface area contributed by atoms with Crippen LogP contribution in [0.1, 0.15) is 16.2 Å². The van der Waals surface area contributed by atoms with Crippen molar-refractivity contribution in [2.75, 3.05) is 5.32 Å². The second kappa shape index (κ2) is 4.56. The van der Waals surface area contributed by atoms with Crippen molar-refractivity contribution in [2.45, 2.75) is 6.92 Å². The maximum atomic E-state index is 11.7. The van der Waals surface area contributed by atoms with Crippen LogP contribution in [0.15, 0.2) is 35.4 Å². The van der Waals surface area contributed by atoms with Crippen molar-refractivity contribution in [2.24, 2.45) is 0 Å². The number of hydrogen-bond acceptors (Lipinski definition) is 4. The highest BCUT2D eigenvalue weighted by atomic mass is 16.2. The summed E-state index contributed by atoms with van der Waals surface area (Å²) in [7, 11) is 0. The van der Waals surface area contributed by atoms with Gasteiger partial charge < -0.3 is 10.3 Å². The van der Waals surface area contributed by atoms with Crippen LogP contribution in [0.25, 0.3) is 0 Å². The molecule has 2 aromatic rings. The van der Waals surface area contributed by atoms with Crippen molar-refractivity contribution in [1.82, 2.24) is 15.0 Å². The van der Waals surface area contributed by atoms with Gasteiger partial charge in [-0.05, 0) is 19.1 Å². The van der Waals surface area contributed by atoms with Gasteiger partial charge in [-0.25, -0.2) is 9.97 Å². The first-order valence-electron chi connectivity index (χ1n) is 4.95. The van der Waals surface area contributed by atoms with E-state index >= 15 is 0 Å². The Morgan fingerprint density at radius 3 is 2.94 bits per heavy atom. The highest BCUT2D eigenvalue weighted by molar-refractivity contribution is 6.02. The molecule has 0 aliphatic heterocycles. The van der Waals surface area contributed by atoms with Crippen LogP contribution < -0.4 is 10.9 Å². The van der Waals surface area contributed by atoms with Crippen LogP contribution in [0.3, 0.4) is 0 Å². The normalized spacial score (nSPS) is 9.94. The third-order valence-electron chi connectivity index (χ3n) is 2.04. The molecule has 0 saturated carbocycles. The van der Waals surface area contributed by atoms with Crippen LogP contribution in [-0.2, 0) is 0 Å². The number of nitrogens with one attached hydrogen (secondary N) is 2. The van der Waals surface area contributed by atoms with Gasteiger partial charge in [0.1, 0.15) is 11.5 Å². The molecule has 0 saturated heterocycles. The Balaban J connectivity index is 2.20. The summed E-state index contributed by atoms with van der Waals surface area (Å²) in [4.78, 5) is 32.9. The third-order valence-corrected chi connectivity index (χ3v) is 2.04. The van der Waals surface area contributed by atoms with Crippen molar-refractivity contribution < 1.29 is 4.79 Å². The number of nitrogens with zero attached hydrogens (tertiary/aromatic N) is 2. The van der Waals surface area contributed by atoms with Crippen LogP contribution in [0.4, 0.5) is 5.82 Å². The predicted octanol–water partition coefficient (Wildman–Crippen LogP) is 0.726. The molecule has 0 unspecified atom stereocenters. The summed E-state index contributed by atoms with van der Waals surface area (Å²) in [5, 5.41) is 2.56. The smallest absolute Gasteiger partial charge is 0.275 e. The Bertz CT molecular complexity index is 606. The number of carbonyl (C=O) groups is 1. The zero-order chi connectivity index (χ0) is 12.3. The van der Waals surface area contributed by atoms with Gasteiger partial charge in [0.15, 0.2) is 0 Å². The zero-order valence-electron chi connectivity index (χ0n) is 9.10. The number of aromatic amines is 1. The molecule has 86 valence electrons. The average molecular weight is 230 g/mol. The summed E-state index contributed by atoms with van der Waals surface area (Å²) < 4.78 is 0. The molecule has 2 N–H and O–H groups in total. The van der Waals surface area contributed by atoms with Crippen LogP contribution in [-0.4, -0.2) is 20.9 Å². The zero-order valence-corrected chi connectivity index (χ0v) is 9.10. The average Bonchev–Trinajstić information content (AvgIpc) is 2.29. The van der Waals surface area contributed by atoms with Gasteiger partial charge in [-0.3, -0.25) is 9.59 Å². The number of hydrogen-bond donors (Lipinski definition) is 2. The summed E-state index contributed by atoms with van der Waals surface area (Å²) in [6, 6.07) is 6.40. The minimum Gasteiger partial charge on any atom is -0.313 e. The molecular formula is C11H10N4O2. The molecule has 6 heteroatoms. The molecule has 0 aliphatic rings. The van der Waals surface area contributed by atoms with E-state index in [0.717, 1.165) is 11.8 Å². The molecule has 0 aromatic carbocycles. The number of anilines is 1. The van der Waals surface area contributed by atoms with Crippen LogP contribution in [0.2, 0.25) is 0 Å². The maximum Gasteiger partial charge on any atom is 0.275 e. The summed E-state index contributed by atoms with van der Waals surface area (Å²) in [6.07, 6.45) is 1.18. The van der Waals surface area contributed by atoms with Gasteiger partial charge in [-0.1, -0.05) is 6.07 Å². The van der Waals surface area contributed by atoms with Crippen LogP contribution in [0.5, 0.6) is 0 Å². The SMILES string of the molecule is Cc1cccc(NC(=O)c2cc(=O)[nH]cn2)n1. The van der Waals surface area contributed by atoms with Crippen molar-refractivity contribution in [3.8, 4) is 0 Å². The van der Waals surface area contributed by atoms with Gasteiger partial charge in [-0.15, -0.1) is 0 Å². The Kier molecular flexibility index (Phi) is 2.95. The summed E-state index contributed by atoms with van der Waals surface area (Å²) in [5.74, 6) is -0.0359. The second-order valence-corrected chi connectivity index (χ2v) is 3.41. The first kappa shape index (κ1) is 11.0. The molecular weight excluding hydrogens is 220 g/mol. The fourth-order valence-corrected chi connectivity index (χ4v) is 1.29. The first-order chi connectivity index (χ1) is 8.15. The molecule has 0 atom stereocenters. The Morgan fingerprint density at radius 2 is 2.24 bits per heavy atom. The first-order valence-corrected chi connectivity index (χ1v) is 4.95. The molecule has 1 amide bonds. The second-order valence-electron chi connectivity index (χ2n) is 3.41. The summed E-state index contributed by atoms with van der Waals surface area (Å²) in [5.41, 5.74) is 0.473. The van der Waals surface area contributed by atoms with Gasteiger partial charge in [0, 0.05) is 11.8 Å². The van der Waals surface area contributed by atoms with Crippen molar-refractivity contribution >= 4 is 11.7 Å². The Morgan fingerprint density at radius 1 is 1.41 bits per heavy atom. The van der Waals surface area contributed by atoms with Gasteiger partial charge in [-0.2, -0.15) is 0 Å². The van der Waals surface area contributed by atoms with Crippen LogP contribution in [0, 0.1) is 6.92 Å². The molecule has 6 nitrogen and oxygen atoms in total. The molecule has 0 fully saturated rings. The highest BCUT2D eigenvalue weighted by Crippen LogP contribution is 2.05. The fourth-order valence-electron chi connectivity index (χ4n) is 1.29. The topological polar surface area (TPSA) is 87.7 Å². The number of rotatable bonds is 2. The molecule has 2 aromatic heterocycles. The Labute approximate surface area is 96.8 Å². The number of aryl methyl sites for hydroxylation is 1. The van der Waals surface area contributed by atoms with Gasteiger partial charge in [0.25, 0.3) is 11.5 Å². The molecule has 0 spiro atoms. The van der Waals surface area contributed by atoms with E-state index in [1.54, 1.807) is 12.1 Å². The van der Waals surface area contributed by atoms with E-state index in [1.807, 2.05) is 13.0 Å². The lowest BCUT2D eigenvalue weighted by Crippen LogP contribution is -2.18. The quantitative estimate of drug-likeness (QED) is 0.795. The minimum atomic E-state index is -0.464. The van der Waals surface area contributed by atoms with Crippen LogP contribution >= 0.6 is 0 Å². The number of aromatic nitrogens is 3. The van der Waals surface area contributed by atoms with Gasteiger partial charge in [0.05, 0.1) is 6.33 Å². The number of amides is 1. The number of H-pyrrole nitrogens is 1.